The second-order valence-corrected chi connectivity index (χ2v) is 2.91. The monoisotopic (exact) mass is 233 g/mol. The van der Waals surface area contributed by atoms with Gasteiger partial charge in [0.05, 0.1) is 21.2 Å². The average Bonchev–Trinajstić information content (AvgIpc) is 2.05. The molecule has 1 N–H and O–H groups in total. The van der Waals surface area contributed by atoms with Crippen LogP contribution >= 0.6 is 15.9 Å². The number of hydrogen-bond donors (Lipinski definition) is 1. The molecule has 0 aliphatic carbocycles. The number of hydrogen-bond acceptors (Lipinski definition) is 2. The number of ether oxygens (including phenoxy) is 1. The van der Waals surface area contributed by atoms with Gasteiger partial charge in [0.25, 0.3) is 0 Å². The Morgan fingerprint density at radius 2 is 2.50 bits per heavy atom. The molecule has 1 rings (SSSR count). The van der Waals surface area contributed by atoms with E-state index in [1.165, 1.54) is 18.2 Å². The number of carbonyl (C=O) groups is 1. The van der Waals surface area contributed by atoms with E-state index in [2.05, 4.69) is 20.7 Å². The lowest BCUT2D eigenvalue weighted by Gasteiger charge is -2.02. The predicted molar refractivity (Wildman–Crippen MR) is 47.7 cm³/mol. The number of carboxylic acids is 1. The average molecular weight is 234 g/mol. The van der Waals surface area contributed by atoms with Gasteiger partial charge in [-0.3, -0.25) is 0 Å². The van der Waals surface area contributed by atoms with E-state index in [4.69, 9.17) is 9.22 Å². The maximum absolute atomic E-state index is 10.6. The fourth-order valence-corrected chi connectivity index (χ4v) is 1.18. The fraction of sp³-hybridized carbons (Fsp3) is 0.125. The van der Waals surface area contributed by atoms with Crippen LogP contribution in [0.25, 0.3) is 0 Å². The Morgan fingerprint density at radius 1 is 1.75 bits per heavy atom. The summed E-state index contributed by atoms with van der Waals surface area (Å²) in [5, 5.41) is 8.66. The van der Waals surface area contributed by atoms with Crippen molar-refractivity contribution in [3.05, 3.63) is 28.2 Å². The van der Waals surface area contributed by atoms with Gasteiger partial charge in [-0.25, -0.2) is 4.79 Å². The van der Waals surface area contributed by atoms with Gasteiger partial charge in [-0.15, -0.1) is 0 Å². The van der Waals surface area contributed by atoms with Crippen molar-refractivity contribution in [2.24, 2.45) is 0 Å². The molecule has 0 spiro atoms. The second-order valence-electron chi connectivity index (χ2n) is 2.05. The zero-order chi connectivity index (χ0) is 11.6. The van der Waals surface area contributed by atoms with E-state index in [9.17, 15) is 4.79 Å². The molecule has 4 heteroatoms. The van der Waals surface area contributed by atoms with Gasteiger partial charge in [-0.1, -0.05) is 0 Å². The van der Waals surface area contributed by atoms with Crippen molar-refractivity contribution in [3.8, 4) is 5.75 Å². The number of aromatic carboxylic acids is 1. The Balaban J connectivity index is 2.99. The summed E-state index contributed by atoms with van der Waals surface area (Å²) in [5.74, 6) is -1.00. The molecule has 0 aromatic heterocycles. The van der Waals surface area contributed by atoms with Gasteiger partial charge in [0.15, 0.2) is 0 Å². The molecule has 0 aliphatic rings. The molecule has 0 amide bonds. The van der Waals surface area contributed by atoms with Crippen molar-refractivity contribution in [3.63, 3.8) is 0 Å². The van der Waals surface area contributed by atoms with Gasteiger partial charge in [-0.05, 0) is 34.1 Å². The lowest BCUT2D eigenvalue weighted by Crippen LogP contribution is -1.96. The summed E-state index contributed by atoms with van der Waals surface area (Å²) in [5.41, 5.74) is 0.0553. The molecule has 0 bridgehead atoms. The molecule has 0 fully saturated rings. The van der Waals surface area contributed by atoms with E-state index in [0.717, 1.165) is 0 Å². The Morgan fingerprint density at radius 3 is 3.00 bits per heavy atom. The van der Waals surface area contributed by atoms with Crippen molar-refractivity contribution in [1.82, 2.24) is 0 Å². The van der Waals surface area contributed by atoms with E-state index in [1.54, 1.807) is 0 Å². The molecule has 0 atom stereocenters. The normalized spacial score (nSPS) is 14.2. The molecule has 0 aliphatic heterocycles. The van der Waals surface area contributed by atoms with Crippen molar-refractivity contribution >= 4 is 21.9 Å². The Bertz CT molecular complexity index is 389. The summed E-state index contributed by atoms with van der Waals surface area (Å²) >= 11 is 3.03. The van der Waals surface area contributed by atoms with Crippen LogP contribution in [0.2, 0.25) is 0 Å². The zero-order valence-corrected chi connectivity index (χ0v) is 7.46. The molecule has 0 radical (unpaired) electrons. The third-order valence-electron chi connectivity index (χ3n) is 1.29. The van der Waals surface area contributed by atoms with Crippen LogP contribution in [0, 0.1) is 0 Å². The van der Waals surface area contributed by atoms with Gasteiger partial charge in [-0.2, -0.15) is 0 Å². The summed E-state index contributed by atoms with van der Waals surface area (Å²) in [4.78, 5) is 10.6. The van der Waals surface area contributed by atoms with Crippen LogP contribution in [0.1, 0.15) is 14.5 Å². The first kappa shape index (κ1) is 5.59. The van der Waals surface area contributed by atoms with Crippen LogP contribution < -0.4 is 4.74 Å². The number of methoxy groups -OCH3 is 1. The molecule has 0 unspecified atom stereocenters. The summed E-state index contributed by atoms with van der Waals surface area (Å²) in [6, 6.07) is 3.84. The van der Waals surface area contributed by atoms with Gasteiger partial charge in [0, 0.05) is 0 Å². The van der Waals surface area contributed by atoms with E-state index in [-0.39, 0.29) is 11.3 Å². The van der Waals surface area contributed by atoms with E-state index in [0.29, 0.717) is 4.47 Å². The van der Waals surface area contributed by atoms with Crippen LogP contribution in [-0.2, 0) is 0 Å². The highest BCUT2D eigenvalue weighted by Gasteiger charge is 2.05. The smallest absolute Gasteiger partial charge is 0.335 e. The van der Waals surface area contributed by atoms with Crippen molar-refractivity contribution < 1.29 is 18.8 Å². The summed E-state index contributed by atoms with van der Waals surface area (Å²) < 4.78 is 25.6. The maximum Gasteiger partial charge on any atom is 0.335 e. The Labute approximate surface area is 82.3 Å². The van der Waals surface area contributed by atoms with Crippen LogP contribution in [-0.4, -0.2) is 18.1 Å². The van der Waals surface area contributed by atoms with Crippen LogP contribution in [0.15, 0.2) is 22.7 Å². The number of rotatable bonds is 2. The van der Waals surface area contributed by atoms with E-state index >= 15 is 0 Å². The summed E-state index contributed by atoms with van der Waals surface area (Å²) in [6.07, 6.45) is 0. The Hall–Kier alpha value is -1.03. The van der Waals surface area contributed by atoms with Crippen molar-refractivity contribution in [2.45, 2.75) is 0 Å². The highest BCUT2D eigenvalue weighted by molar-refractivity contribution is 9.10. The van der Waals surface area contributed by atoms with Gasteiger partial charge in [0.2, 0.25) is 0 Å². The van der Waals surface area contributed by atoms with Crippen molar-refractivity contribution in [1.29, 1.82) is 0 Å². The van der Waals surface area contributed by atoms with Crippen LogP contribution in [0.5, 0.6) is 5.75 Å². The highest BCUT2D eigenvalue weighted by Crippen LogP contribution is 2.25. The molecule has 1 aromatic carbocycles. The first-order chi connectivity index (χ1) is 6.79. The molecular formula is C8H7BrO3. The zero-order valence-electron chi connectivity index (χ0n) is 8.87. The first-order valence-electron chi connectivity index (χ1n) is 4.51. The second kappa shape index (κ2) is 3.58. The third-order valence-corrected chi connectivity index (χ3v) is 1.91. The van der Waals surface area contributed by atoms with Crippen LogP contribution in [0.3, 0.4) is 0 Å². The van der Waals surface area contributed by atoms with Crippen molar-refractivity contribution in [2.75, 3.05) is 7.04 Å². The predicted octanol–water partition coefficient (Wildman–Crippen LogP) is 2.16. The molecular weight excluding hydrogens is 224 g/mol. The standard InChI is InChI=1S/C8H7BrO3/c1-12-7-3-2-5(8(10)11)4-6(7)9/h2-4H,1H3,(H,10,11)/i1D3. The van der Waals surface area contributed by atoms with Gasteiger partial charge >= 0.3 is 5.97 Å². The quantitative estimate of drug-likeness (QED) is 0.852. The molecule has 0 saturated heterocycles. The SMILES string of the molecule is [2H]C([2H])([2H])Oc1ccc(C(=O)O)cc1Br. The molecule has 12 heavy (non-hydrogen) atoms. The first-order valence-corrected chi connectivity index (χ1v) is 3.81. The number of carboxylic acid groups (broad SMARTS) is 1. The van der Waals surface area contributed by atoms with Gasteiger partial charge in [0.1, 0.15) is 5.75 Å². The van der Waals surface area contributed by atoms with E-state index in [1.807, 2.05) is 0 Å². The summed E-state index contributed by atoms with van der Waals surface area (Å²) in [6.45, 7) is 0. The van der Waals surface area contributed by atoms with Crippen LogP contribution in [0.4, 0.5) is 0 Å². The third kappa shape index (κ3) is 1.76. The minimum Gasteiger partial charge on any atom is -0.496 e. The lowest BCUT2D eigenvalue weighted by molar-refractivity contribution is 0.0697. The Kier molecular flexibility index (Phi) is 1.67. The molecule has 0 heterocycles. The minimum atomic E-state index is -2.55. The largest absolute Gasteiger partial charge is 0.496 e. The molecule has 0 saturated carbocycles. The summed E-state index contributed by atoms with van der Waals surface area (Å²) in [7, 11) is -2.55. The van der Waals surface area contributed by atoms with Gasteiger partial charge < -0.3 is 9.84 Å². The maximum atomic E-state index is 10.6. The molecule has 1 aromatic rings. The highest BCUT2D eigenvalue weighted by atomic mass is 79.9. The topological polar surface area (TPSA) is 46.5 Å². The molecule has 64 valence electrons. The lowest BCUT2D eigenvalue weighted by atomic mass is 10.2. The number of halogens is 1. The minimum absolute atomic E-state index is 0.0553. The fourth-order valence-electron chi connectivity index (χ4n) is 0.717. The molecule has 3 nitrogen and oxygen atoms in total. The van der Waals surface area contributed by atoms with E-state index < -0.39 is 13.0 Å². The number of benzene rings is 1.